The van der Waals surface area contributed by atoms with E-state index >= 15 is 0 Å². The molecular weight excluding hydrogens is 202 g/mol. The molecule has 15 heavy (non-hydrogen) atoms. The SMILES string of the molecule is Cc1ccc(SCCCC(C)N)cc1C. The largest absolute Gasteiger partial charge is 0.328 e. The van der Waals surface area contributed by atoms with E-state index in [0.29, 0.717) is 6.04 Å². The van der Waals surface area contributed by atoms with Gasteiger partial charge in [0, 0.05) is 10.9 Å². The van der Waals surface area contributed by atoms with Crippen molar-refractivity contribution >= 4 is 11.8 Å². The van der Waals surface area contributed by atoms with Gasteiger partial charge in [0.1, 0.15) is 0 Å². The Kier molecular flexibility index (Phi) is 5.20. The number of benzene rings is 1. The molecule has 0 heterocycles. The molecule has 2 N–H and O–H groups in total. The molecule has 0 spiro atoms. The standard InChI is InChI=1S/C13H21NS/c1-10-6-7-13(9-11(10)2)15-8-4-5-12(3)14/h6-7,9,12H,4-5,8,14H2,1-3H3. The predicted molar refractivity (Wildman–Crippen MR) is 69.5 cm³/mol. The van der Waals surface area contributed by atoms with Crippen molar-refractivity contribution in [3.63, 3.8) is 0 Å². The van der Waals surface area contributed by atoms with Crippen LogP contribution in [-0.4, -0.2) is 11.8 Å². The first kappa shape index (κ1) is 12.6. The van der Waals surface area contributed by atoms with Crippen molar-refractivity contribution < 1.29 is 0 Å². The minimum atomic E-state index is 0.338. The van der Waals surface area contributed by atoms with Crippen LogP contribution in [0.4, 0.5) is 0 Å². The fourth-order valence-electron chi connectivity index (χ4n) is 1.40. The Morgan fingerprint density at radius 3 is 2.60 bits per heavy atom. The minimum Gasteiger partial charge on any atom is -0.328 e. The van der Waals surface area contributed by atoms with E-state index < -0.39 is 0 Å². The highest BCUT2D eigenvalue weighted by Crippen LogP contribution is 2.22. The van der Waals surface area contributed by atoms with Crippen molar-refractivity contribution in [3.05, 3.63) is 29.3 Å². The third kappa shape index (κ3) is 4.72. The molecule has 0 aliphatic heterocycles. The molecule has 0 bridgehead atoms. The summed E-state index contributed by atoms with van der Waals surface area (Å²) in [5.74, 6) is 1.17. The number of nitrogens with two attached hydrogens (primary N) is 1. The fraction of sp³-hybridized carbons (Fsp3) is 0.538. The van der Waals surface area contributed by atoms with Gasteiger partial charge in [0.25, 0.3) is 0 Å². The molecule has 1 aromatic carbocycles. The molecule has 84 valence electrons. The summed E-state index contributed by atoms with van der Waals surface area (Å²) in [6, 6.07) is 7.01. The Bertz CT molecular complexity index is 307. The van der Waals surface area contributed by atoms with Crippen LogP contribution in [0, 0.1) is 13.8 Å². The van der Waals surface area contributed by atoms with E-state index in [1.807, 2.05) is 11.8 Å². The third-order valence-corrected chi connectivity index (χ3v) is 3.63. The van der Waals surface area contributed by atoms with Gasteiger partial charge in [-0.05, 0) is 62.6 Å². The summed E-state index contributed by atoms with van der Waals surface area (Å²) in [5.41, 5.74) is 8.46. The van der Waals surface area contributed by atoms with Crippen LogP contribution in [0.15, 0.2) is 23.1 Å². The zero-order valence-corrected chi connectivity index (χ0v) is 10.7. The maximum atomic E-state index is 5.71. The molecule has 0 aliphatic rings. The summed E-state index contributed by atoms with van der Waals surface area (Å²) in [6.07, 6.45) is 2.33. The van der Waals surface area contributed by atoms with E-state index in [-0.39, 0.29) is 0 Å². The van der Waals surface area contributed by atoms with Crippen LogP contribution < -0.4 is 5.73 Å². The lowest BCUT2D eigenvalue weighted by atomic mass is 10.1. The number of thioether (sulfide) groups is 1. The lowest BCUT2D eigenvalue weighted by molar-refractivity contribution is 0.656. The molecule has 0 saturated heterocycles. The van der Waals surface area contributed by atoms with E-state index in [9.17, 15) is 0 Å². The number of aryl methyl sites for hydroxylation is 2. The number of hydrogen-bond donors (Lipinski definition) is 1. The van der Waals surface area contributed by atoms with Crippen LogP contribution in [0.1, 0.15) is 30.9 Å². The molecule has 2 heteroatoms. The zero-order chi connectivity index (χ0) is 11.3. The van der Waals surface area contributed by atoms with Crippen molar-refractivity contribution in [2.24, 2.45) is 5.73 Å². The highest BCUT2D eigenvalue weighted by molar-refractivity contribution is 7.99. The normalized spacial score (nSPS) is 12.8. The van der Waals surface area contributed by atoms with Crippen LogP contribution in [0.3, 0.4) is 0 Å². The Balaban J connectivity index is 2.35. The summed E-state index contributed by atoms with van der Waals surface area (Å²) in [4.78, 5) is 1.38. The van der Waals surface area contributed by atoms with Gasteiger partial charge in [-0.3, -0.25) is 0 Å². The Labute approximate surface area is 97.4 Å². The molecule has 0 radical (unpaired) electrons. The van der Waals surface area contributed by atoms with Crippen LogP contribution in [0.25, 0.3) is 0 Å². The average Bonchev–Trinajstić information content (AvgIpc) is 2.18. The van der Waals surface area contributed by atoms with Gasteiger partial charge in [0.2, 0.25) is 0 Å². The molecule has 0 amide bonds. The van der Waals surface area contributed by atoms with Gasteiger partial charge < -0.3 is 5.73 Å². The third-order valence-electron chi connectivity index (χ3n) is 2.55. The van der Waals surface area contributed by atoms with Gasteiger partial charge in [-0.25, -0.2) is 0 Å². The summed E-state index contributed by atoms with van der Waals surface area (Å²) >= 11 is 1.93. The number of rotatable bonds is 5. The number of hydrogen-bond acceptors (Lipinski definition) is 2. The van der Waals surface area contributed by atoms with Crippen LogP contribution in [-0.2, 0) is 0 Å². The van der Waals surface area contributed by atoms with Gasteiger partial charge in [0.15, 0.2) is 0 Å². The molecule has 0 aliphatic carbocycles. The first-order valence-corrected chi connectivity index (χ1v) is 6.54. The molecule has 1 nitrogen and oxygen atoms in total. The van der Waals surface area contributed by atoms with Crippen LogP contribution in [0.2, 0.25) is 0 Å². The van der Waals surface area contributed by atoms with Crippen molar-refractivity contribution in [1.82, 2.24) is 0 Å². The van der Waals surface area contributed by atoms with Crippen LogP contribution >= 0.6 is 11.8 Å². The highest BCUT2D eigenvalue weighted by atomic mass is 32.2. The molecule has 0 fully saturated rings. The van der Waals surface area contributed by atoms with Gasteiger partial charge in [-0.2, -0.15) is 0 Å². The van der Waals surface area contributed by atoms with E-state index in [1.54, 1.807) is 0 Å². The molecule has 1 unspecified atom stereocenters. The first-order valence-electron chi connectivity index (χ1n) is 5.55. The monoisotopic (exact) mass is 223 g/mol. The first-order chi connectivity index (χ1) is 7.09. The van der Waals surface area contributed by atoms with E-state index in [0.717, 1.165) is 6.42 Å². The highest BCUT2D eigenvalue weighted by Gasteiger charge is 1.98. The van der Waals surface area contributed by atoms with Crippen molar-refractivity contribution in [2.75, 3.05) is 5.75 Å². The second kappa shape index (κ2) is 6.19. The smallest absolute Gasteiger partial charge is 0.00747 e. The summed E-state index contributed by atoms with van der Waals surface area (Å²) < 4.78 is 0. The maximum Gasteiger partial charge on any atom is 0.00747 e. The molecule has 1 rings (SSSR count). The van der Waals surface area contributed by atoms with E-state index in [2.05, 4.69) is 39.0 Å². The molecular formula is C13H21NS. The molecule has 0 aromatic heterocycles. The van der Waals surface area contributed by atoms with Gasteiger partial charge in [-0.15, -0.1) is 11.8 Å². The Hall–Kier alpha value is -0.470. The lowest BCUT2D eigenvalue weighted by Crippen LogP contribution is -2.14. The average molecular weight is 223 g/mol. The van der Waals surface area contributed by atoms with Crippen molar-refractivity contribution in [3.8, 4) is 0 Å². The summed E-state index contributed by atoms with van der Waals surface area (Å²) in [7, 11) is 0. The Morgan fingerprint density at radius 1 is 1.27 bits per heavy atom. The lowest BCUT2D eigenvalue weighted by Gasteiger charge is -2.06. The summed E-state index contributed by atoms with van der Waals surface area (Å²) in [5, 5.41) is 0. The second-order valence-electron chi connectivity index (χ2n) is 4.21. The molecule has 1 atom stereocenters. The van der Waals surface area contributed by atoms with Crippen molar-refractivity contribution in [1.29, 1.82) is 0 Å². The van der Waals surface area contributed by atoms with Gasteiger partial charge >= 0.3 is 0 Å². The topological polar surface area (TPSA) is 26.0 Å². The van der Waals surface area contributed by atoms with E-state index in [4.69, 9.17) is 5.73 Å². The summed E-state index contributed by atoms with van der Waals surface area (Å²) in [6.45, 7) is 6.39. The van der Waals surface area contributed by atoms with Gasteiger partial charge in [0.05, 0.1) is 0 Å². The van der Waals surface area contributed by atoms with Gasteiger partial charge in [-0.1, -0.05) is 6.07 Å². The fourth-order valence-corrected chi connectivity index (χ4v) is 2.37. The van der Waals surface area contributed by atoms with Crippen LogP contribution in [0.5, 0.6) is 0 Å². The van der Waals surface area contributed by atoms with E-state index in [1.165, 1.54) is 28.2 Å². The zero-order valence-electron chi connectivity index (χ0n) is 9.92. The predicted octanol–water partition coefficient (Wildman–Crippen LogP) is 3.52. The second-order valence-corrected chi connectivity index (χ2v) is 5.38. The Morgan fingerprint density at radius 2 is 2.00 bits per heavy atom. The minimum absolute atomic E-state index is 0.338. The molecule has 0 saturated carbocycles. The van der Waals surface area contributed by atoms with Crippen molar-refractivity contribution in [2.45, 2.75) is 44.6 Å². The maximum absolute atomic E-state index is 5.71. The quantitative estimate of drug-likeness (QED) is 0.610. The molecule has 1 aromatic rings.